The summed E-state index contributed by atoms with van der Waals surface area (Å²) in [6, 6.07) is 16.9. The summed E-state index contributed by atoms with van der Waals surface area (Å²) < 4.78 is 1.60. The first-order valence-electron chi connectivity index (χ1n) is 10.9. The summed E-state index contributed by atoms with van der Waals surface area (Å²) in [5, 5.41) is 3.80. The number of thiophene rings is 1. The molecule has 0 unspecified atom stereocenters. The summed E-state index contributed by atoms with van der Waals surface area (Å²) in [5.74, 6) is 0.0816. The number of Topliss-reactive ketones (excluding diaryl/α,β-unsaturated/α-hetero) is 1. The van der Waals surface area contributed by atoms with Crippen LogP contribution in [0.1, 0.15) is 32.6 Å². The van der Waals surface area contributed by atoms with Gasteiger partial charge in [-0.1, -0.05) is 30.0 Å². The first-order chi connectivity index (χ1) is 16.3. The molecule has 6 nitrogen and oxygen atoms in total. The van der Waals surface area contributed by atoms with Crippen molar-refractivity contribution in [3.63, 3.8) is 0 Å². The van der Waals surface area contributed by atoms with Gasteiger partial charge in [-0.3, -0.25) is 19.0 Å². The maximum atomic E-state index is 13.4. The molecule has 0 aliphatic rings. The Labute approximate surface area is 206 Å². The van der Waals surface area contributed by atoms with Gasteiger partial charge in [0.2, 0.25) is 5.91 Å². The monoisotopic (exact) mass is 491 g/mol. The van der Waals surface area contributed by atoms with Crippen molar-refractivity contribution in [3.8, 4) is 5.69 Å². The number of hydrogen-bond donors (Lipinski definition) is 1. The van der Waals surface area contributed by atoms with Crippen LogP contribution in [0.3, 0.4) is 0 Å². The Bertz CT molecular complexity index is 1440. The second-order valence-corrected chi connectivity index (χ2v) is 10.1. The van der Waals surface area contributed by atoms with Gasteiger partial charge in [0, 0.05) is 18.3 Å². The minimum atomic E-state index is -0.153. The number of nitrogens with one attached hydrogen (secondary N) is 1. The van der Waals surface area contributed by atoms with Crippen LogP contribution in [0, 0.1) is 13.8 Å². The van der Waals surface area contributed by atoms with Gasteiger partial charge >= 0.3 is 0 Å². The number of rotatable bonds is 8. The van der Waals surface area contributed by atoms with Gasteiger partial charge in [0.1, 0.15) is 0 Å². The molecule has 0 atom stereocenters. The molecule has 0 saturated carbocycles. The van der Waals surface area contributed by atoms with Gasteiger partial charge in [-0.2, -0.15) is 0 Å². The van der Waals surface area contributed by atoms with E-state index >= 15 is 0 Å². The summed E-state index contributed by atoms with van der Waals surface area (Å²) in [6.07, 6.45) is 0.684. The smallest absolute Gasteiger partial charge is 0.266 e. The molecule has 0 radical (unpaired) electrons. The van der Waals surface area contributed by atoms with Crippen molar-refractivity contribution in [1.29, 1.82) is 0 Å². The third-order valence-corrected chi connectivity index (χ3v) is 7.63. The van der Waals surface area contributed by atoms with Crippen LogP contribution in [0.4, 0.5) is 0 Å². The van der Waals surface area contributed by atoms with Gasteiger partial charge < -0.3 is 5.32 Å². The van der Waals surface area contributed by atoms with E-state index in [0.717, 1.165) is 21.7 Å². The summed E-state index contributed by atoms with van der Waals surface area (Å²) >= 11 is 2.70. The van der Waals surface area contributed by atoms with Gasteiger partial charge in [0.25, 0.3) is 5.56 Å². The van der Waals surface area contributed by atoms with Crippen LogP contribution < -0.4 is 10.9 Å². The molecule has 0 saturated heterocycles. The zero-order chi connectivity index (χ0) is 24.2. The molecule has 174 valence electrons. The maximum absolute atomic E-state index is 13.4. The standard InChI is InChI=1S/C26H25N3O3S2/c1-16-8-9-19(14-17(16)2)29-25(32)21-6-4-5-7-22(21)28-26(29)33-15-23(31)24-11-10-20(34-24)12-13-27-18(3)30/h4-11,14H,12-13,15H2,1-3H3,(H,27,30). The number of thioether (sulfide) groups is 1. The largest absolute Gasteiger partial charge is 0.356 e. The van der Waals surface area contributed by atoms with Crippen molar-refractivity contribution in [3.05, 3.63) is 85.8 Å². The van der Waals surface area contributed by atoms with Gasteiger partial charge in [0.15, 0.2) is 10.9 Å². The minimum absolute atomic E-state index is 0.0187. The fraction of sp³-hybridized carbons (Fsp3) is 0.231. The number of amides is 1. The van der Waals surface area contributed by atoms with Crippen molar-refractivity contribution in [2.24, 2.45) is 0 Å². The van der Waals surface area contributed by atoms with Crippen LogP contribution >= 0.6 is 23.1 Å². The molecule has 4 rings (SSSR count). The van der Waals surface area contributed by atoms with Crippen LogP contribution in [-0.4, -0.2) is 33.5 Å². The lowest BCUT2D eigenvalue weighted by molar-refractivity contribution is -0.118. The van der Waals surface area contributed by atoms with Crippen LogP contribution in [0.15, 0.2) is 64.5 Å². The number of hydrogen-bond acceptors (Lipinski definition) is 6. The van der Waals surface area contributed by atoms with Crippen molar-refractivity contribution in [1.82, 2.24) is 14.9 Å². The van der Waals surface area contributed by atoms with Gasteiger partial charge in [-0.25, -0.2) is 4.98 Å². The highest BCUT2D eigenvalue weighted by Crippen LogP contribution is 2.25. The number of ketones is 1. The molecular weight excluding hydrogens is 466 g/mol. The Morgan fingerprint density at radius 1 is 1.06 bits per heavy atom. The van der Waals surface area contributed by atoms with Gasteiger partial charge in [0.05, 0.1) is 27.2 Å². The van der Waals surface area contributed by atoms with Crippen molar-refractivity contribution < 1.29 is 9.59 Å². The molecule has 0 fully saturated rings. The van der Waals surface area contributed by atoms with Crippen molar-refractivity contribution >= 4 is 45.7 Å². The first-order valence-corrected chi connectivity index (χ1v) is 12.7. The van der Waals surface area contributed by atoms with E-state index in [-0.39, 0.29) is 23.0 Å². The lowest BCUT2D eigenvalue weighted by Gasteiger charge is -2.14. The number of nitrogens with zero attached hydrogens (tertiary/aromatic N) is 2. The molecule has 2 aromatic carbocycles. The van der Waals surface area contributed by atoms with Crippen LogP contribution in [-0.2, 0) is 11.2 Å². The fourth-order valence-corrected chi connectivity index (χ4v) is 5.46. The average Bonchev–Trinajstić information content (AvgIpc) is 3.28. The quantitative estimate of drug-likeness (QED) is 0.219. The SMILES string of the molecule is CC(=O)NCCc1ccc(C(=O)CSc2nc3ccccc3c(=O)n2-c2ccc(C)c(C)c2)s1. The lowest BCUT2D eigenvalue weighted by atomic mass is 10.1. The maximum Gasteiger partial charge on any atom is 0.266 e. The molecule has 34 heavy (non-hydrogen) atoms. The fourth-order valence-electron chi connectivity index (χ4n) is 3.53. The Kier molecular flexibility index (Phi) is 7.29. The second-order valence-electron chi connectivity index (χ2n) is 8.03. The molecule has 1 amide bonds. The average molecular weight is 492 g/mol. The normalized spacial score (nSPS) is 11.0. The van der Waals surface area contributed by atoms with E-state index in [1.165, 1.54) is 30.0 Å². The van der Waals surface area contributed by atoms with Crippen LogP contribution in [0.5, 0.6) is 0 Å². The van der Waals surface area contributed by atoms with E-state index in [0.29, 0.717) is 33.9 Å². The van der Waals surface area contributed by atoms with Crippen molar-refractivity contribution in [2.45, 2.75) is 32.3 Å². The molecule has 4 aromatic rings. The Morgan fingerprint density at radius 3 is 2.62 bits per heavy atom. The molecule has 0 bridgehead atoms. The molecular formula is C26H25N3O3S2. The minimum Gasteiger partial charge on any atom is -0.356 e. The zero-order valence-corrected chi connectivity index (χ0v) is 20.9. The number of fused-ring (bicyclic) bond motifs is 1. The first kappa shape index (κ1) is 23.9. The number of aryl methyl sites for hydroxylation is 2. The Hall–Kier alpha value is -3.23. The van der Waals surface area contributed by atoms with E-state index in [1.54, 1.807) is 10.6 Å². The molecule has 2 aromatic heterocycles. The predicted octanol–water partition coefficient (Wildman–Crippen LogP) is 4.72. The van der Waals surface area contributed by atoms with E-state index in [1.807, 2.05) is 62.4 Å². The Morgan fingerprint density at radius 2 is 1.85 bits per heavy atom. The summed E-state index contributed by atoms with van der Waals surface area (Å²) in [6.45, 7) is 6.07. The number of aromatic nitrogens is 2. The summed E-state index contributed by atoms with van der Waals surface area (Å²) in [7, 11) is 0. The van der Waals surface area contributed by atoms with Crippen LogP contribution in [0.2, 0.25) is 0 Å². The third-order valence-electron chi connectivity index (χ3n) is 5.51. The molecule has 8 heteroatoms. The van der Waals surface area contributed by atoms with E-state index in [9.17, 15) is 14.4 Å². The number of para-hydroxylation sites is 1. The van der Waals surface area contributed by atoms with Crippen LogP contribution in [0.25, 0.3) is 16.6 Å². The molecule has 0 spiro atoms. The molecule has 1 N–H and O–H groups in total. The molecule has 2 heterocycles. The van der Waals surface area contributed by atoms with Gasteiger partial charge in [-0.05, 0) is 67.8 Å². The van der Waals surface area contributed by atoms with E-state index in [4.69, 9.17) is 4.98 Å². The van der Waals surface area contributed by atoms with E-state index in [2.05, 4.69) is 5.32 Å². The number of carbonyl (C=O) groups is 2. The number of carbonyl (C=O) groups excluding carboxylic acids is 2. The Balaban J connectivity index is 1.61. The highest BCUT2D eigenvalue weighted by molar-refractivity contribution is 7.99. The van der Waals surface area contributed by atoms with Gasteiger partial charge in [-0.15, -0.1) is 11.3 Å². The summed E-state index contributed by atoms with van der Waals surface area (Å²) in [5.41, 5.74) is 3.41. The lowest BCUT2D eigenvalue weighted by Crippen LogP contribution is -2.22. The third kappa shape index (κ3) is 5.29. The summed E-state index contributed by atoms with van der Waals surface area (Å²) in [4.78, 5) is 43.8. The van der Waals surface area contributed by atoms with E-state index < -0.39 is 0 Å². The second kappa shape index (κ2) is 10.4. The predicted molar refractivity (Wildman–Crippen MR) is 139 cm³/mol. The number of benzene rings is 2. The highest BCUT2D eigenvalue weighted by Gasteiger charge is 2.17. The highest BCUT2D eigenvalue weighted by atomic mass is 32.2. The molecule has 0 aliphatic heterocycles. The molecule has 0 aliphatic carbocycles. The topological polar surface area (TPSA) is 81.1 Å². The van der Waals surface area contributed by atoms with Crippen molar-refractivity contribution in [2.75, 3.05) is 12.3 Å². The zero-order valence-electron chi connectivity index (χ0n) is 19.3.